The van der Waals surface area contributed by atoms with E-state index in [9.17, 15) is 4.79 Å². The van der Waals surface area contributed by atoms with Gasteiger partial charge in [0.05, 0.1) is 0 Å². The molecule has 2 aromatic rings. The summed E-state index contributed by atoms with van der Waals surface area (Å²) in [7, 11) is 0. The van der Waals surface area contributed by atoms with Crippen LogP contribution in [0.25, 0.3) is 0 Å². The van der Waals surface area contributed by atoms with Crippen molar-refractivity contribution in [2.45, 2.75) is 34.6 Å². The van der Waals surface area contributed by atoms with Crippen molar-refractivity contribution in [1.82, 2.24) is 9.80 Å². The number of hydrogen-bond donors (Lipinski definition) is 0. The third-order valence-electron chi connectivity index (χ3n) is 5.38. The molecule has 195 valence electrons. The first-order chi connectivity index (χ1) is 16.9. The molecule has 0 bridgehead atoms. The molecule has 2 aromatic carbocycles. The van der Waals surface area contributed by atoms with Gasteiger partial charge in [-0.05, 0) is 34.6 Å². The molecule has 0 N–H and O–H groups in total. The summed E-state index contributed by atoms with van der Waals surface area (Å²) in [4.78, 5) is 15.7. The molecule has 0 aromatic heterocycles. The van der Waals surface area contributed by atoms with Crippen molar-refractivity contribution < 1.29 is 21.9 Å². The molecule has 0 atom stereocenters. The smallest absolute Gasteiger partial charge is 0.741 e. The SMILES string of the molecule is CCN(CC)C([S-])=NN=C(C(=NN=C([S-])N(CC)CC)c1ccc(C(C)=O)cc1)c1ccccc1.[Cu+2]. The van der Waals surface area contributed by atoms with Crippen LogP contribution in [0, 0.1) is 0 Å². The molecular weight excluding hydrogens is 540 g/mol. The standard InChI is InChI=1S/C26H34N6OS2.Cu/c1-6-31(7-2)25(34)29-27-23(21-13-11-10-12-14-21)24(28-30-26(35)32(8-3)9-4)22-17-15-20(16-18-22)19(5)33;/h10-18H,6-9H2,1-5H3,(H,29,34)(H,30,35);/q;+2/p-2. The van der Waals surface area contributed by atoms with Gasteiger partial charge in [0.25, 0.3) is 0 Å². The van der Waals surface area contributed by atoms with E-state index in [0.717, 1.165) is 37.3 Å². The van der Waals surface area contributed by atoms with Gasteiger partial charge in [-0.1, -0.05) is 54.6 Å². The van der Waals surface area contributed by atoms with Gasteiger partial charge < -0.3 is 35.1 Å². The Labute approximate surface area is 236 Å². The van der Waals surface area contributed by atoms with Gasteiger partial charge in [-0.15, -0.1) is 10.2 Å². The van der Waals surface area contributed by atoms with E-state index in [0.29, 0.717) is 27.3 Å². The predicted molar refractivity (Wildman–Crippen MR) is 151 cm³/mol. The topological polar surface area (TPSA) is 73.0 Å². The molecule has 0 aliphatic rings. The van der Waals surface area contributed by atoms with Crippen LogP contribution in [0.15, 0.2) is 75.0 Å². The van der Waals surface area contributed by atoms with Crippen molar-refractivity contribution >= 4 is 52.8 Å². The molecule has 0 amide bonds. The predicted octanol–water partition coefficient (Wildman–Crippen LogP) is 4.48. The van der Waals surface area contributed by atoms with Gasteiger partial charge in [-0.25, -0.2) is 0 Å². The third-order valence-corrected chi connectivity index (χ3v) is 6.06. The second-order valence-electron chi connectivity index (χ2n) is 7.51. The zero-order valence-electron chi connectivity index (χ0n) is 21.2. The van der Waals surface area contributed by atoms with Crippen LogP contribution in [-0.4, -0.2) is 63.5 Å². The molecule has 0 fully saturated rings. The van der Waals surface area contributed by atoms with E-state index < -0.39 is 0 Å². The monoisotopic (exact) mass is 571 g/mol. The van der Waals surface area contributed by atoms with E-state index in [1.807, 2.05) is 80.0 Å². The zero-order valence-corrected chi connectivity index (χ0v) is 23.8. The van der Waals surface area contributed by atoms with Gasteiger partial charge in [-0.3, -0.25) is 4.79 Å². The van der Waals surface area contributed by atoms with Crippen LogP contribution < -0.4 is 0 Å². The van der Waals surface area contributed by atoms with Crippen LogP contribution in [0.1, 0.15) is 56.1 Å². The zero-order chi connectivity index (χ0) is 25.8. The molecule has 0 heterocycles. The molecule has 0 aliphatic carbocycles. The number of ketones is 1. The van der Waals surface area contributed by atoms with Crippen LogP contribution in [0.4, 0.5) is 0 Å². The summed E-state index contributed by atoms with van der Waals surface area (Å²) in [6.45, 7) is 12.5. The number of Topliss-reactive ketones (excluding diaryl/α,β-unsaturated/α-hetero) is 1. The maximum Gasteiger partial charge on any atom is 2.00 e. The van der Waals surface area contributed by atoms with E-state index in [-0.39, 0.29) is 22.9 Å². The van der Waals surface area contributed by atoms with Crippen molar-refractivity contribution in [3.63, 3.8) is 0 Å². The molecular formula is C26H32CuN6OS2. The van der Waals surface area contributed by atoms with Crippen molar-refractivity contribution in [3.05, 3.63) is 71.3 Å². The average Bonchev–Trinajstić information content (AvgIpc) is 2.88. The molecule has 1 radical (unpaired) electrons. The molecule has 0 aliphatic heterocycles. The molecule has 0 saturated heterocycles. The van der Waals surface area contributed by atoms with E-state index >= 15 is 0 Å². The van der Waals surface area contributed by atoms with E-state index in [4.69, 9.17) is 25.3 Å². The molecule has 10 heteroatoms. The van der Waals surface area contributed by atoms with Gasteiger partial charge in [-0.2, -0.15) is 10.2 Å². The number of amidine groups is 2. The largest absolute Gasteiger partial charge is 2.00 e. The number of benzene rings is 2. The first-order valence-corrected chi connectivity index (χ1v) is 12.5. The van der Waals surface area contributed by atoms with Crippen molar-refractivity contribution in [3.8, 4) is 0 Å². The van der Waals surface area contributed by atoms with Gasteiger partial charge in [0.1, 0.15) is 11.4 Å². The molecule has 2 rings (SSSR count). The minimum Gasteiger partial charge on any atom is -0.741 e. The number of carbonyl (C=O) groups is 1. The first-order valence-electron chi connectivity index (χ1n) is 11.7. The van der Waals surface area contributed by atoms with Crippen molar-refractivity contribution in [1.29, 1.82) is 0 Å². The van der Waals surface area contributed by atoms with Crippen LogP contribution in [0.2, 0.25) is 0 Å². The Hall–Kier alpha value is -2.65. The summed E-state index contributed by atoms with van der Waals surface area (Å²) in [5, 5.41) is 18.6. The summed E-state index contributed by atoms with van der Waals surface area (Å²) in [5.41, 5.74) is 3.12. The Morgan fingerprint density at radius 2 is 1.00 bits per heavy atom. The quantitative estimate of drug-likeness (QED) is 0.105. The van der Waals surface area contributed by atoms with E-state index in [1.165, 1.54) is 6.92 Å². The summed E-state index contributed by atoms with van der Waals surface area (Å²) in [5.74, 6) is -0.0149. The molecule has 0 unspecified atom stereocenters. The van der Waals surface area contributed by atoms with Gasteiger partial charge in [0, 0.05) is 53.2 Å². The van der Waals surface area contributed by atoms with Crippen LogP contribution in [0.5, 0.6) is 0 Å². The van der Waals surface area contributed by atoms with Gasteiger partial charge in [0.15, 0.2) is 5.78 Å². The average molecular weight is 572 g/mol. The fourth-order valence-electron chi connectivity index (χ4n) is 3.24. The minimum atomic E-state index is -0.0149. The third kappa shape index (κ3) is 8.78. The van der Waals surface area contributed by atoms with Gasteiger partial charge >= 0.3 is 17.1 Å². The Kier molecular flexibility index (Phi) is 14.1. The van der Waals surface area contributed by atoms with Gasteiger partial charge in [0.2, 0.25) is 0 Å². The summed E-state index contributed by atoms with van der Waals surface area (Å²) >= 11 is 11.0. The van der Waals surface area contributed by atoms with Crippen LogP contribution in [0.3, 0.4) is 0 Å². The number of hydrogen-bond acceptors (Lipinski definition) is 7. The van der Waals surface area contributed by atoms with Crippen molar-refractivity contribution in [2.75, 3.05) is 26.2 Å². The number of rotatable bonds is 10. The first kappa shape index (κ1) is 31.4. The Balaban J connectivity index is 0.00000648. The second kappa shape index (κ2) is 16.2. The molecule has 0 saturated carbocycles. The van der Waals surface area contributed by atoms with Crippen molar-refractivity contribution in [2.24, 2.45) is 20.4 Å². The van der Waals surface area contributed by atoms with Crippen LogP contribution in [-0.2, 0) is 42.3 Å². The van der Waals surface area contributed by atoms with E-state index in [1.54, 1.807) is 12.1 Å². The maximum atomic E-state index is 11.8. The van der Waals surface area contributed by atoms with E-state index in [2.05, 4.69) is 20.4 Å². The summed E-state index contributed by atoms with van der Waals surface area (Å²) in [6, 6.07) is 16.8. The molecule has 7 nitrogen and oxygen atoms in total. The fraction of sp³-hybridized carbons (Fsp3) is 0.346. The fourth-order valence-corrected chi connectivity index (χ4v) is 3.84. The Morgan fingerprint density at radius 1 is 0.639 bits per heavy atom. The summed E-state index contributed by atoms with van der Waals surface area (Å²) < 4.78 is 0. The number of nitrogens with zero attached hydrogens (tertiary/aromatic N) is 6. The molecule has 36 heavy (non-hydrogen) atoms. The van der Waals surface area contributed by atoms with Crippen LogP contribution >= 0.6 is 0 Å². The Morgan fingerprint density at radius 3 is 1.36 bits per heavy atom. The maximum absolute atomic E-state index is 11.8. The molecule has 0 spiro atoms. The second-order valence-corrected chi connectivity index (χ2v) is 8.24. The number of carbonyl (C=O) groups excluding carboxylic acids is 1. The summed E-state index contributed by atoms with van der Waals surface area (Å²) in [6.07, 6.45) is 0. The Bertz CT molecular complexity index is 1090. The normalized spacial score (nSPS) is 12.7. The minimum absolute atomic E-state index is 0.